The first-order chi connectivity index (χ1) is 6.18. The van der Waals surface area contributed by atoms with Gasteiger partial charge in [-0.05, 0) is 31.0 Å². The molecule has 0 unspecified atom stereocenters. The first-order valence-corrected chi connectivity index (χ1v) is 4.18. The topological polar surface area (TPSA) is 30.2 Å². The van der Waals surface area contributed by atoms with Gasteiger partial charge in [0.15, 0.2) is 0 Å². The minimum Gasteiger partial charge on any atom is -0.422 e. The largest absolute Gasteiger partial charge is 0.422 e. The molecular formula is C11H10O2. The summed E-state index contributed by atoms with van der Waals surface area (Å²) in [7, 11) is 0. The number of hydrogen-bond acceptors (Lipinski definition) is 2. The summed E-state index contributed by atoms with van der Waals surface area (Å²) in [6.07, 6.45) is 0. The zero-order valence-electron chi connectivity index (χ0n) is 7.63. The lowest BCUT2D eigenvalue weighted by Gasteiger charge is -2.02. The van der Waals surface area contributed by atoms with Gasteiger partial charge in [0, 0.05) is 11.5 Å². The van der Waals surface area contributed by atoms with Crippen molar-refractivity contribution in [2.75, 3.05) is 0 Å². The normalized spacial score (nSPS) is 10.6. The molecule has 13 heavy (non-hydrogen) atoms. The molecule has 1 heterocycles. The van der Waals surface area contributed by atoms with Gasteiger partial charge < -0.3 is 4.42 Å². The Kier molecular flexibility index (Phi) is 1.69. The molecule has 0 N–H and O–H groups in total. The molecule has 0 saturated carbocycles. The van der Waals surface area contributed by atoms with Crippen molar-refractivity contribution in [1.82, 2.24) is 0 Å². The molecule has 0 atom stereocenters. The summed E-state index contributed by atoms with van der Waals surface area (Å²) in [4.78, 5) is 11.0. The summed E-state index contributed by atoms with van der Waals surface area (Å²) in [5.74, 6) is 0. The van der Waals surface area contributed by atoms with Crippen LogP contribution in [0.5, 0.6) is 0 Å². The third-order valence-electron chi connectivity index (χ3n) is 2.20. The first-order valence-electron chi connectivity index (χ1n) is 4.18. The van der Waals surface area contributed by atoms with Crippen molar-refractivity contribution in [1.29, 1.82) is 0 Å². The Morgan fingerprint density at radius 1 is 1.00 bits per heavy atom. The maximum Gasteiger partial charge on any atom is 0.336 e. The van der Waals surface area contributed by atoms with Crippen LogP contribution < -0.4 is 5.63 Å². The van der Waals surface area contributed by atoms with Crippen molar-refractivity contribution in [2.45, 2.75) is 13.8 Å². The summed E-state index contributed by atoms with van der Waals surface area (Å²) >= 11 is 0. The molecule has 0 aliphatic carbocycles. The summed E-state index contributed by atoms with van der Waals surface area (Å²) in [5.41, 5.74) is 2.54. The van der Waals surface area contributed by atoms with Gasteiger partial charge >= 0.3 is 5.63 Å². The molecule has 0 spiro atoms. The van der Waals surface area contributed by atoms with Crippen molar-refractivity contribution in [2.24, 2.45) is 0 Å². The highest BCUT2D eigenvalue weighted by Crippen LogP contribution is 2.19. The Morgan fingerprint density at radius 3 is 2.46 bits per heavy atom. The molecule has 0 bridgehead atoms. The van der Waals surface area contributed by atoms with Crippen LogP contribution in [0.15, 0.2) is 33.5 Å². The van der Waals surface area contributed by atoms with Gasteiger partial charge in [0.1, 0.15) is 5.58 Å². The van der Waals surface area contributed by atoms with Gasteiger partial charge in [0.05, 0.1) is 0 Å². The predicted octanol–water partition coefficient (Wildman–Crippen LogP) is 2.41. The molecule has 0 aliphatic rings. The highest BCUT2D eigenvalue weighted by atomic mass is 16.4. The van der Waals surface area contributed by atoms with E-state index in [1.165, 1.54) is 6.07 Å². The van der Waals surface area contributed by atoms with Crippen molar-refractivity contribution in [3.05, 3.63) is 45.8 Å². The summed E-state index contributed by atoms with van der Waals surface area (Å²) in [6.45, 7) is 3.94. The van der Waals surface area contributed by atoms with Gasteiger partial charge in [0.2, 0.25) is 0 Å². The standard InChI is InChI=1S/C11H10O2/c1-7-3-4-8(2)11-9(7)5-6-10(12)13-11/h3-6H,1-2H3. The van der Waals surface area contributed by atoms with Crippen LogP contribution >= 0.6 is 0 Å². The summed E-state index contributed by atoms with van der Waals surface area (Å²) in [6, 6.07) is 7.25. The van der Waals surface area contributed by atoms with Crippen LogP contribution in [0.3, 0.4) is 0 Å². The van der Waals surface area contributed by atoms with E-state index in [-0.39, 0.29) is 5.63 Å². The van der Waals surface area contributed by atoms with Gasteiger partial charge in [-0.15, -0.1) is 0 Å². The zero-order chi connectivity index (χ0) is 9.42. The second kappa shape index (κ2) is 2.73. The van der Waals surface area contributed by atoms with Crippen LogP contribution in [0.1, 0.15) is 11.1 Å². The molecule has 2 nitrogen and oxygen atoms in total. The molecule has 1 aromatic heterocycles. The molecule has 0 fully saturated rings. The SMILES string of the molecule is Cc1ccc(C)c2oc(=O)ccc12. The van der Waals surface area contributed by atoms with E-state index in [2.05, 4.69) is 0 Å². The van der Waals surface area contributed by atoms with Crippen LogP contribution in [-0.4, -0.2) is 0 Å². The van der Waals surface area contributed by atoms with Gasteiger partial charge in [-0.2, -0.15) is 0 Å². The van der Waals surface area contributed by atoms with Gasteiger partial charge in [-0.3, -0.25) is 0 Å². The summed E-state index contributed by atoms with van der Waals surface area (Å²) in [5, 5.41) is 1.01. The molecule has 0 saturated heterocycles. The van der Waals surface area contributed by atoms with Gasteiger partial charge in [-0.25, -0.2) is 4.79 Å². The maximum atomic E-state index is 11.0. The molecule has 2 heteroatoms. The third-order valence-corrected chi connectivity index (χ3v) is 2.20. The molecule has 66 valence electrons. The Bertz CT molecular complexity index is 509. The van der Waals surface area contributed by atoms with E-state index >= 15 is 0 Å². The minimum atomic E-state index is -0.291. The van der Waals surface area contributed by atoms with E-state index in [1.807, 2.05) is 32.0 Å². The second-order valence-corrected chi connectivity index (χ2v) is 3.20. The molecular weight excluding hydrogens is 164 g/mol. The molecule has 0 aliphatic heterocycles. The molecule has 2 rings (SSSR count). The monoisotopic (exact) mass is 174 g/mol. The van der Waals surface area contributed by atoms with Crippen molar-refractivity contribution in [3.8, 4) is 0 Å². The van der Waals surface area contributed by atoms with Crippen LogP contribution in [0.2, 0.25) is 0 Å². The lowest BCUT2D eigenvalue weighted by Crippen LogP contribution is -1.96. The van der Waals surface area contributed by atoms with Crippen LogP contribution in [0.25, 0.3) is 11.0 Å². The zero-order valence-corrected chi connectivity index (χ0v) is 7.63. The van der Waals surface area contributed by atoms with E-state index in [1.54, 1.807) is 0 Å². The number of aryl methyl sites for hydroxylation is 2. The molecule has 0 amide bonds. The number of fused-ring (bicyclic) bond motifs is 1. The lowest BCUT2D eigenvalue weighted by molar-refractivity contribution is 0.558. The fraction of sp³-hybridized carbons (Fsp3) is 0.182. The summed E-state index contributed by atoms with van der Waals surface area (Å²) < 4.78 is 5.12. The average molecular weight is 174 g/mol. The van der Waals surface area contributed by atoms with Crippen LogP contribution in [0, 0.1) is 13.8 Å². The van der Waals surface area contributed by atoms with Gasteiger partial charge in [-0.1, -0.05) is 12.1 Å². The van der Waals surface area contributed by atoms with E-state index in [4.69, 9.17) is 4.42 Å². The highest BCUT2D eigenvalue weighted by Gasteiger charge is 2.02. The van der Waals surface area contributed by atoms with Crippen molar-refractivity contribution >= 4 is 11.0 Å². The number of rotatable bonds is 0. The quantitative estimate of drug-likeness (QED) is 0.574. The average Bonchev–Trinajstić information content (AvgIpc) is 2.12. The van der Waals surface area contributed by atoms with Crippen molar-refractivity contribution < 1.29 is 4.42 Å². The fourth-order valence-electron chi connectivity index (χ4n) is 1.44. The van der Waals surface area contributed by atoms with E-state index in [9.17, 15) is 4.79 Å². The van der Waals surface area contributed by atoms with E-state index in [0.717, 1.165) is 16.5 Å². The Balaban J connectivity index is 3.00. The second-order valence-electron chi connectivity index (χ2n) is 3.20. The predicted molar refractivity (Wildman–Crippen MR) is 52.0 cm³/mol. The smallest absolute Gasteiger partial charge is 0.336 e. The number of hydrogen-bond donors (Lipinski definition) is 0. The molecule has 1 aromatic carbocycles. The number of benzene rings is 1. The van der Waals surface area contributed by atoms with Crippen LogP contribution in [0.4, 0.5) is 0 Å². The Hall–Kier alpha value is -1.57. The van der Waals surface area contributed by atoms with Gasteiger partial charge in [0.25, 0.3) is 0 Å². The minimum absolute atomic E-state index is 0.291. The van der Waals surface area contributed by atoms with Crippen LogP contribution in [-0.2, 0) is 0 Å². The maximum absolute atomic E-state index is 11.0. The Labute approximate surface area is 75.8 Å². The third kappa shape index (κ3) is 1.24. The fourth-order valence-corrected chi connectivity index (χ4v) is 1.44. The first kappa shape index (κ1) is 8.05. The van der Waals surface area contributed by atoms with E-state index < -0.39 is 0 Å². The van der Waals surface area contributed by atoms with Crippen molar-refractivity contribution in [3.63, 3.8) is 0 Å². The van der Waals surface area contributed by atoms with E-state index in [0.29, 0.717) is 5.58 Å². The highest BCUT2D eigenvalue weighted by molar-refractivity contribution is 5.82. The molecule has 0 radical (unpaired) electrons. The Morgan fingerprint density at radius 2 is 1.69 bits per heavy atom. The lowest BCUT2D eigenvalue weighted by atomic mass is 10.1. The molecule has 2 aromatic rings.